The Morgan fingerprint density at radius 1 is 1.22 bits per heavy atom. The van der Waals surface area contributed by atoms with Crippen LogP contribution in [-0.2, 0) is 4.74 Å². The molecular weight excluding hydrogens is 360 g/mol. The number of urea groups is 1. The van der Waals surface area contributed by atoms with Gasteiger partial charge in [0, 0.05) is 23.5 Å². The van der Waals surface area contributed by atoms with Crippen molar-refractivity contribution >= 4 is 28.8 Å². The molecule has 7 heteroatoms. The van der Waals surface area contributed by atoms with E-state index in [1.54, 1.807) is 0 Å². The summed E-state index contributed by atoms with van der Waals surface area (Å²) in [5.74, 6) is 0.587. The number of amides is 2. The number of thiazole rings is 1. The third kappa shape index (κ3) is 4.67. The van der Waals surface area contributed by atoms with Crippen LogP contribution in [0.2, 0.25) is 0 Å². The second-order valence-corrected chi connectivity index (χ2v) is 7.73. The van der Waals surface area contributed by atoms with Crippen LogP contribution in [-0.4, -0.2) is 36.8 Å². The minimum Gasteiger partial charge on any atom is -0.501 e. The first-order chi connectivity index (χ1) is 13.3. The highest BCUT2D eigenvalue weighted by molar-refractivity contribution is 7.13. The van der Waals surface area contributed by atoms with Gasteiger partial charge in [-0.2, -0.15) is 0 Å². The van der Waals surface area contributed by atoms with Crippen LogP contribution in [0.4, 0.5) is 10.6 Å². The van der Waals surface area contributed by atoms with Crippen LogP contribution in [0.5, 0.6) is 0 Å². The molecular formula is C20H24N4O2S. The van der Waals surface area contributed by atoms with E-state index in [0.29, 0.717) is 5.82 Å². The lowest BCUT2D eigenvalue weighted by Gasteiger charge is -2.23. The molecule has 2 amide bonds. The Balaban J connectivity index is 1.37. The average molecular weight is 385 g/mol. The van der Waals surface area contributed by atoms with E-state index < -0.39 is 0 Å². The summed E-state index contributed by atoms with van der Waals surface area (Å²) < 4.78 is 5.42. The van der Waals surface area contributed by atoms with Gasteiger partial charge in [-0.05, 0) is 43.4 Å². The molecule has 0 saturated carbocycles. The first-order valence-corrected chi connectivity index (χ1v) is 10.3. The summed E-state index contributed by atoms with van der Waals surface area (Å²) in [5, 5.41) is 11.9. The Kier molecular flexibility index (Phi) is 5.69. The number of carbonyl (C=O) groups excluding carboxylic acids is 1. The second kappa shape index (κ2) is 8.54. The Morgan fingerprint density at radius 2 is 2.07 bits per heavy atom. The lowest BCUT2D eigenvalue weighted by atomic mass is 10.0. The monoisotopic (exact) mass is 384 g/mol. The largest absolute Gasteiger partial charge is 0.501 e. The molecule has 4 rings (SSSR count). The van der Waals surface area contributed by atoms with Crippen LogP contribution in [0, 0.1) is 0 Å². The van der Waals surface area contributed by atoms with E-state index in [9.17, 15) is 4.79 Å². The summed E-state index contributed by atoms with van der Waals surface area (Å²) >= 11 is 1.53. The van der Waals surface area contributed by atoms with E-state index >= 15 is 0 Å². The maximum absolute atomic E-state index is 12.1. The van der Waals surface area contributed by atoms with Crippen molar-refractivity contribution in [1.29, 1.82) is 0 Å². The van der Waals surface area contributed by atoms with Gasteiger partial charge in [-0.3, -0.25) is 5.32 Å². The molecule has 1 aromatic heterocycles. The second-order valence-electron chi connectivity index (χ2n) is 6.87. The molecule has 2 aromatic rings. The maximum Gasteiger partial charge on any atom is 0.320 e. The summed E-state index contributed by atoms with van der Waals surface area (Å²) in [6.07, 6.45) is 6.08. The SMILES string of the molecule is O=C(Nc1csc(-c2ccc(C3=COCCC3)cc2)n1)N[C@H]1CCCNC1. The van der Waals surface area contributed by atoms with Crippen LogP contribution in [0.1, 0.15) is 31.2 Å². The van der Waals surface area contributed by atoms with Crippen LogP contribution in [0.25, 0.3) is 16.1 Å². The number of aromatic nitrogens is 1. The van der Waals surface area contributed by atoms with Crippen molar-refractivity contribution in [3.05, 3.63) is 41.5 Å². The fourth-order valence-electron chi connectivity index (χ4n) is 3.38. The van der Waals surface area contributed by atoms with Crippen molar-refractivity contribution in [3.63, 3.8) is 0 Å². The number of rotatable bonds is 4. The molecule has 1 aromatic carbocycles. The van der Waals surface area contributed by atoms with Gasteiger partial charge in [-0.15, -0.1) is 11.3 Å². The lowest BCUT2D eigenvalue weighted by Crippen LogP contribution is -2.47. The molecule has 1 atom stereocenters. The van der Waals surface area contributed by atoms with Crippen molar-refractivity contribution in [2.45, 2.75) is 31.7 Å². The summed E-state index contributed by atoms with van der Waals surface area (Å²) in [6.45, 7) is 2.66. The first-order valence-electron chi connectivity index (χ1n) is 9.43. The molecule has 0 bridgehead atoms. The molecule has 0 spiro atoms. The summed E-state index contributed by atoms with van der Waals surface area (Å²) in [7, 11) is 0. The molecule has 2 aliphatic rings. The zero-order valence-electron chi connectivity index (χ0n) is 15.2. The predicted octanol–water partition coefficient (Wildman–Crippen LogP) is 3.83. The van der Waals surface area contributed by atoms with Gasteiger partial charge >= 0.3 is 6.03 Å². The molecule has 1 fully saturated rings. The van der Waals surface area contributed by atoms with Gasteiger partial charge in [0.15, 0.2) is 0 Å². The number of piperidine rings is 1. The smallest absolute Gasteiger partial charge is 0.320 e. The number of benzene rings is 1. The highest BCUT2D eigenvalue weighted by Gasteiger charge is 2.16. The fourth-order valence-corrected chi connectivity index (χ4v) is 4.14. The van der Waals surface area contributed by atoms with Gasteiger partial charge in [-0.1, -0.05) is 24.3 Å². The molecule has 3 heterocycles. The van der Waals surface area contributed by atoms with Gasteiger partial charge in [0.05, 0.1) is 12.9 Å². The van der Waals surface area contributed by atoms with E-state index in [4.69, 9.17) is 4.74 Å². The molecule has 2 aliphatic heterocycles. The first kappa shape index (κ1) is 18.0. The van der Waals surface area contributed by atoms with Gasteiger partial charge in [0.1, 0.15) is 10.8 Å². The van der Waals surface area contributed by atoms with E-state index in [1.807, 2.05) is 11.6 Å². The normalized spacial score (nSPS) is 19.7. The minimum atomic E-state index is -0.194. The minimum absolute atomic E-state index is 0.183. The van der Waals surface area contributed by atoms with Crippen molar-refractivity contribution < 1.29 is 9.53 Å². The standard InChI is InChI=1S/C20H24N4O2S/c25-20(22-17-4-1-9-21-11-17)24-18-13-27-19(23-18)15-7-5-14(6-8-15)16-3-2-10-26-12-16/h5-8,12-13,17,21H,1-4,9-11H2,(H2,22,24,25)/t17-/m0/s1. The maximum atomic E-state index is 12.1. The number of ether oxygens (including phenoxy) is 1. The third-order valence-corrected chi connectivity index (χ3v) is 5.71. The van der Waals surface area contributed by atoms with E-state index in [0.717, 1.165) is 56.0 Å². The number of nitrogens with zero attached hydrogens (tertiary/aromatic N) is 1. The quantitative estimate of drug-likeness (QED) is 0.749. The number of allylic oxidation sites excluding steroid dienone is 1. The van der Waals surface area contributed by atoms with Gasteiger partial charge in [0.25, 0.3) is 0 Å². The summed E-state index contributed by atoms with van der Waals surface area (Å²) in [4.78, 5) is 16.7. The molecule has 0 radical (unpaired) electrons. The fraction of sp³-hybridized carbons (Fsp3) is 0.400. The van der Waals surface area contributed by atoms with Crippen LogP contribution in [0.3, 0.4) is 0 Å². The molecule has 142 valence electrons. The highest BCUT2D eigenvalue weighted by atomic mass is 32.1. The van der Waals surface area contributed by atoms with E-state index in [1.165, 1.54) is 22.5 Å². The van der Waals surface area contributed by atoms with Crippen LogP contribution in [0.15, 0.2) is 35.9 Å². The Labute approximate surface area is 163 Å². The van der Waals surface area contributed by atoms with Crippen molar-refractivity contribution in [1.82, 2.24) is 15.6 Å². The zero-order valence-corrected chi connectivity index (χ0v) is 16.0. The van der Waals surface area contributed by atoms with Crippen LogP contribution >= 0.6 is 11.3 Å². The van der Waals surface area contributed by atoms with Gasteiger partial charge in [0.2, 0.25) is 0 Å². The predicted molar refractivity (Wildman–Crippen MR) is 109 cm³/mol. The van der Waals surface area contributed by atoms with Crippen molar-refractivity contribution in [3.8, 4) is 10.6 Å². The molecule has 0 unspecified atom stereocenters. The van der Waals surface area contributed by atoms with E-state index in [-0.39, 0.29) is 12.1 Å². The molecule has 1 saturated heterocycles. The van der Waals surface area contributed by atoms with E-state index in [2.05, 4.69) is 45.2 Å². The summed E-state index contributed by atoms with van der Waals surface area (Å²) in [5.41, 5.74) is 3.48. The summed E-state index contributed by atoms with van der Waals surface area (Å²) in [6, 6.07) is 8.34. The topological polar surface area (TPSA) is 75.3 Å². The van der Waals surface area contributed by atoms with Crippen molar-refractivity contribution in [2.75, 3.05) is 25.0 Å². The van der Waals surface area contributed by atoms with Gasteiger partial charge in [-0.25, -0.2) is 9.78 Å². The third-order valence-electron chi connectivity index (χ3n) is 4.81. The Morgan fingerprint density at radius 3 is 2.81 bits per heavy atom. The van der Waals surface area contributed by atoms with Crippen LogP contribution < -0.4 is 16.0 Å². The number of anilines is 1. The molecule has 6 nitrogen and oxygen atoms in total. The number of hydrogen-bond acceptors (Lipinski definition) is 5. The number of carbonyl (C=O) groups is 1. The van der Waals surface area contributed by atoms with Gasteiger partial charge < -0.3 is 15.4 Å². The Hall–Kier alpha value is -2.38. The lowest BCUT2D eigenvalue weighted by molar-refractivity contribution is 0.235. The molecule has 27 heavy (non-hydrogen) atoms. The average Bonchev–Trinajstić information content (AvgIpc) is 3.18. The zero-order chi connectivity index (χ0) is 18.5. The molecule has 0 aliphatic carbocycles. The highest BCUT2D eigenvalue weighted by Crippen LogP contribution is 2.29. The molecule has 3 N–H and O–H groups in total. The Bertz CT molecular complexity index is 810. The number of hydrogen-bond donors (Lipinski definition) is 3. The number of nitrogens with one attached hydrogen (secondary N) is 3. The van der Waals surface area contributed by atoms with Crippen molar-refractivity contribution in [2.24, 2.45) is 0 Å².